The van der Waals surface area contributed by atoms with E-state index >= 15 is 0 Å². The molecular formula is C9H10N4OS. The highest BCUT2D eigenvalue weighted by Gasteiger charge is 2.03. The second-order valence-electron chi connectivity index (χ2n) is 2.75. The molecule has 0 atom stereocenters. The molecule has 0 unspecified atom stereocenters. The van der Waals surface area contributed by atoms with Crippen molar-refractivity contribution in [2.75, 3.05) is 5.75 Å². The lowest BCUT2D eigenvalue weighted by Crippen LogP contribution is -2.15. The highest BCUT2D eigenvalue weighted by Crippen LogP contribution is 2.19. The lowest BCUT2D eigenvalue weighted by atomic mass is 10.3. The first-order chi connectivity index (χ1) is 7.74. The van der Waals surface area contributed by atoms with Crippen molar-refractivity contribution in [1.29, 1.82) is 0 Å². The third-order valence-electron chi connectivity index (χ3n) is 1.75. The van der Waals surface area contributed by atoms with E-state index in [0.717, 1.165) is 15.3 Å². The molecule has 2 aromatic rings. The van der Waals surface area contributed by atoms with Gasteiger partial charge in [0.25, 0.3) is 0 Å². The fourth-order valence-corrected chi connectivity index (χ4v) is 1.82. The maximum atomic E-state index is 11.3. The number of hydrogen-bond donors (Lipinski definition) is 1. The van der Waals surface area contributed by atoms with E-state index in [9.17, 15) is 4.79 Å². The van der Waals surface area contributed by atoms with Crippen molar-refractivity contribution in [2.45, 2.75) is 11.8 Å². The largest absolute Gasteiger partial charge is 0.365 e. The Kier molecular flexibility index (Phi) is 2.51. The van der Waals surface area contributed by atoms with Gasteiger partial charge in [-0.1, -0.05) is 13.0 Å². The summed E-state index contributed by atoms with van der Waals surface area (Å²) in [5.74, 6) is 0.878. The van der Waals surface area contributed by atoms with E-state index in [1.54, 1.807) is 23.9 Å². The second kappa shape index (κ2) is 4.31. The van der Waals surface area contributed by atoms with Crippen molar-refractivity contribution in [1.82, 2.24) is 20.2 Å². The van der Waals surface area contributed by atoms with Crippen LogP contribution in [0.4, 0.5) is 0 Å². The van der Waals surface area contributed by atoms with Crippen LogP contribution in [0.5, 0.6) is 0 Å². The van der Waals surface area contributed by atoms with Gasteiger partial charge in [0.15, 0.2) is 0 Å². The SMILES string of the molecule is [3H]c1c(SCC)cccc1-n1nn[nH]c1=O. The smallest absolute Gasteiger partial charge is 0.244 e. The van der Waals surface area contributed by atoms with E-state index in [1.807, 2.05) is 13.0 Å². The van der Waals surface area contributed by atoms with Crippen LogP contribution in [-0.4, -0.2) is 26.0 Å². The summed E-state index contributed by atoms with van der Waals surface area (Å²) in [5, 5.41) is 9.22. The van der Waals surface area contributed by atoms with Crippen molar-refractivity contribution in [3.05, 3.63) is 34.7 Å². The van der Waals surface area contributed by atoms with Gasteiger partial charge in [-0.25, -0.2) is 9.89 Å². The zero-order valence-electron chi connectivity index (χ0n) is 9.10. The molecule has 1 aromatic heterocycles. The Balaban J connectivity index is 2.54. The number of nitrogens with one attached hydrogen (secondary N) is 1. The molecule has 0 bridgehead atoms. The first-order valence-electron chi connectivity index (χ1n) is 4.97. The third-order valence-corrected chi connectivity index (χ3v) is 2.59. The molecule has 1 N–H and O–H groups in total. The molecule has 78 valence electrons. The highest BCUT2D eigenvalue weighted by molar-refractivity contribution is 7.99. The van der Waals surface area contributed by atoms with Crippen LogP contribution in [0.25, 0.3) is 5.69 Å². The molecule has 0 aliphatic carbocycles. The standard InChI is InChI=1S/C9H10N4OS/c1-2-15-8-5-3-4-7(6-8)13-9(14)10-11-12-13/h3-6H,2H2,1H3,(H,10,12,14)/i6T. The fourth-order valence-electron chi connectivity index (χ4n) is 1.15. The van der Waals surface area contributed by atoms with E-state index in [4.69, 9.17) is 1.37 Å². The van der Waals surface area contributed by atoms with Crippen LogP contribution in [0.3, 0.4) is 0 Å². The zero-order valence-corrected chi connectivity index (χ0v) is 8.91. The molecular weight excluding hydrogens is 212 g/mol. The third kappa shape index (κ3) is 2.10. The van der Waals surface area contributed by atoms with Crippen molar-refractivity contribution >= 4 is 11.8 Å². The van der Waals surface area contributed by atoms with Gasteiger partial charge in [-0.2, -0.15) is 4.68 Å². The van der Waals surface area contributed by atoms with Crippen molar-refractivity contribution in [3.63, 3.8) is 0 Å². The Labute approximate surface area is 91.9 Å². The molecule has 6 heteroatoms. The zero-order chi connectivity index (χ0) is 11.5. The van der Waals surface area contributed by atoms with Gasteiger partial charge in [0.1, 0.15) is 0 Å². The van der Waals surface area contributed by atoms with Gasteiger partial charge in [-0.15, -0.1) is 11.8 Å². The molecule has 0 aliphatic rings. The van der Waals surface area contributed by atoms with E-state index < -0.39 is 5.69 Å². The number of rotatable bonds is 3. The molecule has 2 rings (SSSR count). The van der Waals surface area contributed by atoms with Gasteiger partial charge in [-0.3, -0.25) is 0 Å². The molecule has 5 nitrogen and oxygen atoms in total. The molecule has 1 heterocycles. The first kappa shape index (κ1) is 8.72. The van der Waals surface area contributed by atoms with Gasteiger partial charge in [0.2, 0.25) is 0 Å². The number of hydrogen-bond acceptors (Lipinski definition) is 4. The quantitative estimate of drug-likeness (QED) is 0.792. The molecule has 0 aliphatic heterocycles. The summed E-state index contributed by atoms with van der Waals surface area (Å²) in [6, 6.07) is 5.62. The van der Waals surface area contributed by atoms with Crippen molar-refractivity contribution in [2.24, 2.45) is 0 Å². The second-order valence-corrected chi connectivity index (χ2v) is 4.06. The van der Waals surface area contributed by atoms with Gasteiger partial charge >= 0.3 is 5.69 Å². The number of aromatic amines is 1. The Hall–Kier alpha value is -1.56. The summed E-state index contributed by atoms with van der Waals surface area (Å²) in [6.45, 7) is 2.01. The summed E-state index contributed by atoms with van der Waals surface area (Å²) in [7, 11) is 0. The van der Waals surface area contributed by atoms with E-state index in [2.05, 4.69) is 15.5 Å². The summed E-state index contributed by atoms with van der Waals surface area (Å²) < 4.78 is 9.05. The highest BCUT2D eigenvalue weighted by atomic mass is 32.2. The first-order valence-corrected chi connectivity index (χ1v) is 5.45. The topological polar surface area (TPSA) is 63.6 Å². The van der Waals surface area contributed by atoms with Crippen molar-refractivity contribution < 1.29 is 1.37 Å². The summed E-state index contributed by atoms with van der Waals surface area (Å²) in [4.78, 5) is 12.2. The van der Waals surface area contributed by atoms with Crippen LogP contribution in [0.1, 0.15) is 8.29 Å². The normalized spacial score (nSPS) is 11.4. The van der Waals surface area contributed by atoms with Crippen molar-refractivity contribution in [3.8, 4) is 5.69 Å². The number of H-pyrrole nitrogens is 1. The molecule has 0 saturated carbocycles. The minimum Gasteiger partial charge on any atom is -0.244 e. The molecule has 0 amide bonds. The summed E-state index contributed by atoms with van der Waals surface area (Å²) >= 11 is 1.56. The number of aromatic nitrogens is 4. The number of tetrazole rings is 1. The van der Waals surface area contributed by atoms with E-state index in [0.29, 0.717) is 11.7 Å². The minimum atomic E-state index is -0.438. The number of thioether (sulfide) groups is 1. The maximum absolute atomic E-state index is 11.3. The Bertz CT molecular complexity index is 550. The van der Waals surface area contributed by atoms with Crippen LogP contribution in [0, 0.1) is 0 Å². The Morgan fingerprint density at radius 3 is 3.20 bits per heavy atom. The molecule has 0 fully saturated rings. The van der Waals surface area contributed by atoms with Crippen LogP contribution < -0.4 is 5.69 Å². The predicted octanol–water partition coefficient (Wildman–Crippen LogP) is 1.07. The average Bonchev–Trinajstić information content (AvgIpc) is 2.68. The van der Waals surface area contributed by atoms with Crippen LogP contribution in [0.15, 0.2) is 33.9 Å². The molecule has 0 radical (unpaired) electrons. The van der Waals surface area contributed by atoms with Crippen LogP contribution >= 0.6 is 11.8 Å². The van der Waals surface area contributed by atoms with Gasteiger partial charge in [0.05, 0.1) is 7.06 Å². The molecule has 1 aromatic carbocycles. The lowest BCUT2D eigenvalue weighted by Gasteiger charge is -2.01. The van der Waals surface area contributed by atoms with Gasteiger partial charge in [-0.05, 0) is 34.4 Å². The van der Waals surface area contributed by atoms with E-state index in [-0.39, 0.29) is 0 Å². The Morgan fingerprint density at radius 1 is 1.67 bits per heavy atom. The number of benzene rings is 1. The molecule has 15 heavy (non-hydrogen) atoms. The van der Waals surface area contributed by atoms with Gasteiger partial charge in [0, 0.05) is 4.90 Å². The lowest BCUT2D eigenvalue weighted by molar-refractivity contribution is 0.778. The summed E-state index contributed by atoms with van der Waals surface area (Å²) in [6.07, 6.45) is 0. The molecule has 0 spiro atoms. The molecule has 0 saturated heterocycles. The fraction of sp³-hybridized carbons (Fsp3) is 0.222. The monoisotopic (exact) mass is 224 g/mol. The predicted molar refractivity (Wildman–Crippen MR) is 58.4 cm³/mol. The van der Waals surface area contributed by atoms with E-state index in [1.165, 1.54) is 0 Å². The van der Waals surface area contributed by atoms with Crippen LogP contribution in [0.2, 0.25) is 0 Å². The summed E-state index contributed by atoms with van der Waals surface area (Å²) in [5.41, 5.74) is 0.00403. The average molecular weight is 224 g/mol. The number of nitrogens with zero attached hydrogens (tertiary/aromatic N) is 3. The minimum absolute atomic E-state index is 0.297. The van der Waals surface area contributed by atoms with Crippen LogP contribution in [-0.2, 0) is 0 Å². The van der Waals surface area contributed by atoms with Gasteiger partial charge < -0.3 is 0 Å². The maximum Gasteiger partial charge on any atom is 0.365 e. The Morgan fingerprint density at radius 2 is 2.53 bits per heavy atom.